The van der Waals surface area contributed by atoms with E-state index in [0.717, 1.165) is 0 Å². The van der Waals surface area contributed by atoms with Crippen LogP contribution >= 0.6 is 0 Å². The molecule has 0 aromatic carbocycles. The second-order valence-electron chi connectivity index (χ2n) is 2.09. The lowest BCUT2D eigenvalue weighted by Gasteiger charge is -1.84. The number of pyridine rings is 1. The maximum Gasteiger partial charge on any atom is 0.296 e. The standard InChI is InChI=1S/C7H7N3O/c1-8-7-10-6-5(11-7)3-2-4-9-6/h2-4H,1H3,(H,8,9,10). The lowest BCUT2D eigenvalue weighted by atomic mass is 10.5. The van der Waals surface area contributed by atoms with Gasteiger partial charge in [-0.05, 0) is 12.1 Å². The van der Waals surface area contributed by atoms with Crippen LogP contribution in [0.5, 0.6) is 0 Å². The molecule has 0 aliphatic rings. The first-order valence-corrected chi connectivity index (χ1v) is 3.29. The number of anilines is 1. The zero-order valence-corrected chi connectivity index (χ0v) is 6.03. The van der Waals surface area contributed by atoms with Crippen LogP contribution in [0.4, 0.5) is 6.01 Å². The van der Waals surface area contributed by atoms with Gasteiger partial charge >= 0.3 is 0 Å². The summed E-state index contributed by atoms with van der Waals surface area (Å²) in [6, 6.07) is 4.14. The highest BCUT2D eigenvalue weighted by Crippen LogP contribution is 2.14. The van der Waals surface area contributed by atoms with E-state index in [4.69, 9.17) is 4.42 Å². The first kappa shape index (κ1) is 6.15. The van der Waals surface area contributed by atoms with Crippen molar-refractivity contribution in [3.63, 3.8) is 0 Å². The van der Waals surface area contributed by atoms with Gasteiger partial charge in [0.2, 0.25) is 5.65 Å². The van der Waals surface area contributed by atoms with Crippen molar-refractivity contribution in [3.8, 4) is 0 Å². The summed E-state index contributed by atoms with van der Waals surface area (Å²) >= 11 is 0. The van der Waals surface area contributed by atoms with Crippen LogP contribution in [0.25, 0.3) is 11.2 Å². The van der Waals surface area contributed by atoms with Gasteiger partial charge in [0.05, 0.1) is 0 Å². The average molecular weight is 149 g/mol. The summed E-state index contributed by atoms with van der Waals surface area (Å²) in [4.78, 5) is 8.05. The van der Waals surface area contributed by atoms with Gasteiger partial charge in [-0.2, -0.15) is 4.98 Å². The summed E-state index contributed by atoms with van der Waals surface area (Å²) in [6.07, 6.45) is 1.68. The molecule has 4 nitrogen and oxygen atoms in total. The molecule has 2 aromatic heterocycles. The molecule has 1 N–H and O–H groups in total. The van der Waals surface area contributed by atoms with E-state index in [0.29, 0.717) is 17.2 Å². The molecule has 56 valence electrons. The molecule has 0 atom stereocenters. The van der Waals surface area contributed by atoms with Crippen LogP contribution in [0, 0.1) is 0 Å². The van der Waals surface area contributed by atoms with E-state index in [2.05, 4.69) is 15.3 Å². The largest absolute Gasteiger partial charge is 0.422 e. The van der Waals surface area contributed by atoms with Gasteiger partial charge in [-0.3, -0.25) is 0 Å². The first-order chi connectivity index (χ1) is 5.40. The third kappa shape index (κ3) is 0.920. The molecule has 0 radical (unpaired) electrons. The van der Waals surface area contributed by atoms with Crippen molar-refractivity contribution in [3.05, 3.63) is 18.3 Å². The summed E-state index contributed by atoms with van der Waals surface area (Å²) in [5.74, 6) is 0. The van der Waals surface area contributed by atoms with E-state index in [1.165, 1.54) is 0 Å². The number of hydrogen-bond donors (Lipinski definition) is 1. The van der Waals surface area contributed by atoms with E-state index >= 15 is 0 Å². The lowest BCUT2D eigenvalue weighted by Crippen LogP contribution is -1.85. The van der Waals surface area contributed by atoms with E-state index in [9.17, 15) is 0 Å². The molecule has 0 fully saturated rings. The van der Waals surface area contributed by atoms with Gasteiger partial charge in [-0.1, -0.05) is 0 Å². The summed E-state index contributed by atoms with van der Waals surface area (Å²) in [5.41, 5.74) is 1.34. The van der Waals surface area contributed by atoms with Gasteiger partial charge in [0, 0.05) is 13.2 Å². The van der Waals surface area contributed by atoms with E-state index in [1.807, 2.05) is 12.1 Å². The Morgan fingerprint density at radius 2 is 2.45 bits per heavy atom. The first-order valence-electron chi connectivity index (χ1n) is 3.29. The number of nitrogens with one attached hydrogen (secondary N) is 1. The number of oxazole rings is 1. The van der Waals surface area contributed by atoms with Gasteiger partial charge in [-0.25, -0.2) is 4.98 Å². The maximum atomic E-state index is 5.23. The van der Waals surface area contributed by atoms with Crippen LogP contribution in [0.3, 0.4) is 0 Å². The Labute approximate surface area is 63.3 Å². The third-order valence-corrected chi connectivity index (χ3v) is 1.38. The number of hydrogen-bond acceptors (Lipinski definition) is 4. The van der Waals surface area contributed by atoms with Crippen molar-refractivity contribution >= 4 is 17.2 Å². The highest BCUT2D eigenvalue weighted by molar-refractivity contribution is 5.69. The van der Waals surface area contributed by atoms with E-state index in [-0.39, 0.29) is 0 Å². The summed E-state index contributed by atoms with van der Waals surface area (Å²) in [6.45, 7) is 0. The average Bonchev–Trinajstić information content (AvgIpc) is 2.46. The molecule has 0 aliphatic heterocycles. The van der Waals surface area contributed by atoms with Crippen LogP contribution < -0.4 is 5.32 Å². The van der Waals surface area contributed by atoms with E-state index < -0.39 is 0 Å². The monoisotopic (exact) mass is 149 g/mol. The van der Waals surface area contributed by atoms with Crippen molar-refractivity contribution in [2.45, 2.75) is 0 Å². The Morgan fingerprint density at radius 1 is 1.55 bits per heavy atom. The third-order valence-electron chi connectivity index (χ3n) is 1.38. The van der Waals surface area contributed by atoms with Crippen molar-refractivity contribution in [2.24, 2.45) is 0 Å². The van der Waals surface area contributed by atoms with Crippen LogP contribution in [0.2, 0.25) is 0 Å². The van der Waals surface area contributed by atoms with Gasteiger partial charge in [-0.15, -0.1) is 0 Å². The zero-order chi connectivity index (χ0) is 7.68. The topological polar surface area (TPSA) is 51.0 Å². The predicted octanol–water partition coefficient (Wildman–Crippen LogP) is 1.26. The van der Waals surface area contributed by atoms with Crippen molar-refractivity contribution < 1.29 is 4.42 Å². The highest BCUT2D eigenvalue weighted by Gasteiger charge is 2.01. The Kier molecular flexibility index (Phi) is 1.25. The number of rotatable bonds is 1. The molecular weight excluding hydrogens is 142 g/mol. The molecule has 0 saturated heterocycles. The fourth-order valence-corrected chi connectivity index (χ4v) is 0.876. The summed E-state index contributed by atoms with van der Waals surface area (Å²) < 4.78 is 5.23. The van der Waals surface area contributed by atoms with Gasteiger partial charge < -0.3 is 9.73 Å². The number of aromatic nitrogens is 2. The molecule has 11 heavy (non-hydrogen) atoms. The molecular formula is C7H7N3O. The van der Waals surface area contributed by atoms with Gasteiger partial charge in [0.25, 0.3) is 6.01 Å². The minimum absolute atomic E-state index is 0.499. The van der Waals surface area contributed by atoms with Crippen molar-refractivity contribution in [1.82, 2.24) is 9.97 Å². The molecule has 4 heteroatoms. The molecule has 2 aromatic rings. The van der Waals surface area contributed by atoms with Gasteiger partial charge in [0.15, 0.2) is 5.58 Å². The molecule has 0 unspecified atom stereocenters. The predicted molar refractivity (Wildman–Crippen MR) is 41.4 cm³/mol. The fourth-order valence-electron chi connectivity index (χ4n) is 0.876. The van der Waals surface area contributed by atoms with Crippen molar-refractivity contribution in [1.29, 1.82) is 0 Å². The molecule has 0 spiro atoms. The van der Waals surface area contributed by atoms with Crippen LogP contribution in [0.15, 0.2) is 22.7 Å². The van der Waals surface area contributed by atoms with Crippen molar-refractivity contribution in [2.75, 3.05) is 12.4 Å². The second kappa shape index (κ2) is 2.23. The van der Waals surface area contributed by atoms with Crippen LogP contribution in [0.1, 0.15) is 0 Å². The highest BCUT2D eigenvalue weighted by atomic mass is 16.4. The van der Waals surface area contributed by atoms with Gasteiger partial charge in [0.1, 0.15) is 0 Å². The quantitative estimate of drug-likeness (QED) is 0.663. The number of fused-ring (bicyclic) bond motifs is 1. The normalized spacial score (nSPS) is 10.3. The summed E-state index contributed by atoms with van der Waals surface area (Å²) in [5, 5.41) is 2.80. The Morgan fingerprint density at radius 3 is 3.18 bits per heavy atom. The van der Waals surface area contributed by atoms with Crippen LogP contribution in [-0.2, 0) is 0 Å². The molecule has 2 heterocycles. The molecule has 0 bridgehead atoms. The number of nitrogens with zero attached hydrogens (tertiary/aromatic N) is 2. The van der Waals surface area contributed by atoms with E-state index in [1.54, 1.807) is 13.2 Å². The molecule has 0 aliphatic carbocycles. The fraction of sp³-hybridized carbons (Fsp3) is 0.143. The molecule has 0 saturated carbocycles. The summed E-state index contributed by atoms with van der Waals surface area (Å²) in [7, 11) is 1.75. The minimum atomic E-state index is 0.499. The smallest absolute Gasteiger partial charge is 0.296 e. The maximum absolute atomic E-state index is 5.23. The van der Waals surface area contributed by atoms with Crippen LogP contribution in [-0.4, -0.2) is 17.0 Å². The molecule has 2 rings (SSSR count). The minimum Gasteiger partial charge on any atom is -0.422 e. The second-order valence-corrected chi connectivity index (χ2v) is 2.09. The Hall–Kier alpha value is -1.58. The molecule has 0 amide bonds. The SMILES string of the molecule is CNc1nc2ncccc2o1. The Balaban J connectivity index is 2.69. The lowest BCUT2D eigenvalue weighted by molar-refractivity contribution is 0.620. The zero-order valence-electron chi connectivity index (χ0n) is 6.03. The Bertz CT molecular complexity index is 335.